The van der Waals surface area contributed by atoms with E-state index < -0.39 is 11.9 Å². The molecule has 0 amide bonds. The average molecular weight is 341 g/mol. The number of hydrogen-bond donors (Lipinski definition) is 0. The fraction of sp³-hybridized carbons (Fsp3) is 0.769. The second-order valence-electron chi connectivity index (χ2n) is 4.63. The number of alkyl halides is 4. The summed E-state index contributed by atoms with van der Waals surface area (Å²) < 4.78 is 38.3. The number of hydrogen-bond acceptors (Lipinski definition) is 1. The Morgan fingerprint density at radius 1 is 1.00 bits per heavy atom. The lowest BCUT2D eigenvalue weighted by Crippen LogP contribution is -2.08. The Balaban J connectivity index is 2.08. The normalized spacial score (nSPS) is 12.0. The fourth-order valence-electron chi connectivity index (χ4n) is 1.89. The van der Waals surface area contributed by atoms with Crippen molar-refractivity contribution < 1.29 is 13.2 Å². The van der Waals surface area contributed by atoms with E-state index in [2.05, 4.69) is 21.0 Å². The first-order chi connectivity index (χ1) is 9.04. The quantitative estimate of drug-likeness (QED) is 0.455. The summed E-state index contributed by atoms with van der Waals surface area (Å²) in [4.78, 5) is 0. The van der Waals surface area contributed by atoms with Crippen LogP contribution in [0.2, 0.25) is 0 Å². The van der Waals surface area contributed by atoms with E-state index in [1.807, 2.05) is 0 Å². The van der Waals surface area contributed by atoms with Gasteiger partial charge in [0.1, 0.15) is 0 Å². The van der Waals surface area contributed by atoms with Crippen LogP contribution < -0.4 is 0 Å². The van der Waals surface area contributed by atoms with E-state index in [0.717, 1.165) is 30.7 Å². The summed E-state index contributed by atoms with van der Waals surface area (Å²) in [5, 5.41) is 4.59. The lowest BCUT2D eigenvalue weighted by atomic mass is 10.1. The molecule has 0 atom stereocenters. The van der Waals surface area contributed by atoms with Crippen molar-refractivity contribution in [3.8, 4) is 0 Å². The minimum atomic E-state index is -4.33. The standard InChI is InChI=1S/C13H20BrF3N2/c14-9-6-4-2-1-3-5-7-10-19-11-8-12(18-19)13(15,16)17/h8,11H,1-7,9-10H2. The molecule has 0 aromatic carbocycles. The van der Waals surface area contributed by atoms with Crippen molar-refractivity contribution in [2.75, 3.05) is 5.33 Å². The second-order valence-corrected chi connectivity index (χ2v) is 5.42. The molecular weight excluding hydrogens is 321 g/mol. The van der Waals surface area contributed by atoms with E-state index >= 15 is 0 Å². The van der Waals surface area contributed by atoms with Crippen LogP contribution in [0.4, 0.5) is 13.2 Å². The smallest absolute Gasteiger partial charge is 0.272 e. The van der Waals surface area contributed by atoms with E-state index in [1.165, 1.54) is 36.6 Å². The highest BCUT2D eigenvalue weighted by Crippen LogP contribution is 2.27. The van der Waals surface area contributed by atoms with Crippen LogP contribution in [0.15, 0.2) is 12.3 Å². The van der Waals surface area contributed by atoms with Crippen LogP contribution in [-0.2, 0) is 12.7 Å². The van der Waals surface area contributed by atoms with Crippen LogP contribution >= 0.6 is 15.9 Å². The van der Waals surface area contributed by atoms with Gasteiger partial charge in [-0.05, 0) is 18.9 Å². The molecule has 0 spiro atoms. The zero-order valence-electron chi connectivity index (χ0n) is 10.9. The second kappa shape index (κ2) is 8.61. The molecule has 110 valence electrons. The Morgan fingerprint density at radius 3 is 2.11 bits per heavy atom. The van der Waals surface area contributed by atoms with Gasteiger partial charge in [0.2, 0.25) is 0 Å². The van der Waals surface area contributed by atoms with Gasteiger partial charge in [-0.3, -0.25) is 4.68 Å². The maximum Gasteiger partial charge on any atom is 0.435 e. The maximum absolute atomic E-state index is 12.3. The lowest BCUT2D eigenvalue weighted by molar-refractivity contribution is -0.141. The fourth-order valence-corrected chi connectivity index (χ4v) is 2.29. The molecule has 6 heteroatoms. The summed E-state index contributed by atoms with van der Waals surface area (Å²) in [5.74, 6) is 0. The van der Waals surface area contributed by atoms with Gasteiger partial charge in [0.15, 0.2) is 5.69 Å². The summed E-state index contributed by atoms with van der Waals surface area (Å²) in [6.07, 6.45) is 5.07. The molecule has 1 heterocycles. The van der Waals surface area contributed by atoms with Gasteiger partial charge in [-0.2, -0.15) is 18.3 Å². The van der Waals surface area contributed by atoms with Gasteiger partial charge in [-0.1, -0.05) is 48.0 Å². The minimum Gasteiger partial charge on any atom is -0.272 e. The van der Waals surface area contributed by atoms with Crippen LogP contribution in [-0.4, -0.2) is 15.1 Å². The van der Waals surface area contributed by atoms with Crippen LogP contribution in [0, 0.1) is 0 Å². The van der Waals surface area contributed by atoms with Gasteiger partial charge in [0.25, 0.3) is 0 Å². The monoisotopic (exact) mass is 340 g/mol. The van der Waals surface area contributed by atoms with Crippen molar-refractivity contribution >= 4 is 15.9 Å². The first-order valence-corrected chi connectivity index (χ1v) is 7.83. The van der Waals surface area contributed by atoms with E-state index in [-0.39, 0.29) is 0 Å². The van der Waals surface area contributed by atoms with E-state index in [9.17, 15) is 13.2 Å². The molecule has 1 rings (SSSR count). The Morgan fingerprint density at radius 2 is 1.58 bits per heavy atom. The Bertz CT molecular complexity index is 350. The summed E-state index contributed by atoms with van der Waals surface area (Å²) in [6.45, 7) is 0.567. The van der Waals surface area contributed by atoms with Gasteiger partial charge in [-0.15, -0.1) is 0 Å². The van der Waals surface area contributed by atoms with E-state index in [4.69, 9.17) is 0 Å². The summed E-state index contributed by atoms with van der Waals surface area (Å²) >= 11 is 3.40. The van der Waals surface area contributed by atoms with Crippen molar-refractivity contribution in [2.24, 2.45) is 0 Å². The third kappa shape index (κ3) is 6.99. The molecule has 0 aliphatic heterocycles. The number of unbranched alkanes of at least 4 members (excludes halogenated alkanes) is 6. The molecule has 0 N–H and O–H groups in total. The highest BCUT2D eigenvalue weighted by molar-refractivity contribution is 9.09. The molecule has 0 unspecified atom stereocenters. The molecule has 0 saturated carbocycles. The summed E-state index contributed by atoms with van der Waals surface area (Å²) in [7, 11) is 0. The molecule has 0 aliphatic carbocycles. The van der Waals surface area contributed by atoms with Crippen LogP contribution in [0.25, 0.3) is 0 Å². The Labute approximate surface area is 120 Å². The van der Waals surface area contributed by atoms with Gasteiger partial charge < -0.3 is 0 Å². The highest BCUT2D eigenvalue weighted by atomic mass is 79.9. The third-order valence-corrected chi connectivity index (χ3v) is 3.51. The number of halogens is 4. The number of rotatable bonds is 9. The van der Waals surface area contributed by atoms with E-state index in [0.29, 0.717) is 6.54 Å². The molecule has 2 nitrogen and oxygen atoms in total. The zero-order valence-corrected chi connectivity index (χ0v) is 12.5. The molecule has 0 aliphatic rings. The van der Waals surface area contributed by atoms with E-state index in [1.54, 1.807) is 0 Å². The van der Waals surface area contributed by atoms with Crippen molar-refractivity contribution in [1.29, 1.82) is 0 Å². The van der Waals surface area contributed by atoms with Crippen molar-refractivity contribution in [3.63, 3.8) is 0 Å². The Hall–Kier alpha value is -0.520. The predicted octanol–water partition coefficient (Wildman–Crippen LogP) is 5.03. The molecule has 0 saturated heterocycles. The van der Waals surface area contributed by atoms with Gasteiger partial charge in [-0.25, -0.2) is 0 Å². The van der Waals surface area contributed by atoms with Gasteiger partial charge >= 0.3 is 6.18 Å². The largest absolute Gasteiger partial charge is 0.435 e. The van der Waals surface area contributed by atoms with Gasteiger partial charge in [0, 0.05) is 18.1 Å². The number of aryl methyl sites for hydroxylation is 1. The molecule has 1 aromatic rings. The lowest BCUT2D eigenvalue weighted by Gasteiger charge is -2.03. The van der Waals surface area contributed by atoms with Crippen molar-refractivity contribution in [1.82, 2.24) is 9.78 Å². The minimum absolute atomic E-state index is 0.567. The molecule has 1 aromatic heterocycles. The maximum atomic E-state index is 12.3. The van der Waals surface area contributed by atoms with Crippen molar-refractivity contribution in [2.45, 2.75) is 57.7 Å². The predicted molar refractivity (Wildman–Crippen MR) is 73.3 cm³/mol. The first-order valence-electron chi connectivity index (χ1n) is 6.70. The summed E-state index contributed by atoms with van der Waals surface area (Å²) in [5.41, 5.74) is -0.803. The molecule has 0 fully saturated rings. The van der Waals surface area contributed by atoms with Gasteiger partial charge in [0.05, 0.1) is 0 Å². The summed E-state index contributed by atoms with van der Waals surface area (Å²) in [6, 6.07) is 1.03. The third-order valence-electron chi connectivity index (χ3n) is 2.95. The molecular formula is C13H20BrF3N2. The number of aromatic nitrogens is 2. The number of nitrogens with zero attached hydrogens (tertiary/aromatic N) is 2. The highest BCUT2D eigenvalue weighted by Gasteiger charge is 2.33. The Kier molecular flexibility index (Phi) is 7.49. The van der Waals surface area contributed by atoms with Crippen molar-refractivity contribution in [3.05, 3.63) is 18.0 Å². The SMILES string of the molecule is FC(F)(F)c1ccn(CCCCCCCCCBr)n1. The molecule has 19 heavy (non-hydrogen) atoms. The van der Waals surface area contributed by atoms with Crippen LogP contribution in [0.1, 0.15) is 50.6 Å². The first kappa shape index (κ1) is 16.5. The van der Waals surface area contributed by atoms with Crippen LogP contribution in [0.5, 0.6) is 0 Å². The zero-order chi connectivity index (χ0) is 14.1. The average Bonchev–Trinajstić information content (AvgIpc) is 2.81. The molecule has 0 bridgehead atoms. The topological polar surface area (TPSA) is 17.8 Å². The van der Waals surface area contributed by atoms with Crippen LogP contribution in [0.3, 0.4) is 0 Å². The molecule has 0 radical (unpaired) electrons.